The third-order valence-electron chi connectivity index (χ3n) is 4.27. The van der Waals surface area contributed by atoms with Crippen molar-refractivity contribution in [3.63, 3.8) is 0 Å². The number of nitrogen functional groups attached to an aromatic ring is 1. The largest absolute Gasteiger partial charge is 0.464 e. The predicted molar refractivity (Wildman–Crippen MR) is 103 cm³/mol. The van der Waals surface area contributed by atoms with Crippen LogP contribution in [0.2, 0.25) is 0 Å². The summed E-state index contributed by atoms with van der Waals surface area (Å²) in [6.07, 6.45) is 1.24. The van der Waals surface area contributed by atoms with E-state index >= 15 is 0 Å². The van der Waals surface area contributed by atoms with Gasteiger partial charge in [-0.25, -0.2) is 4.79 Å². The second-order valence-corrected chi connectivity index (χ2v) is 8.87. The van der Waals surface area contributed by atoms with Crippen molar-refractivity contribution >= 4 is 42.7 Å². The van der Waals surface area contributed by atoms with Gasteiger partial charge in [0.1, 0.15) is 11.0 Å². The van der Waals surface area contributed by atoms with Gasteiger partial charge in [-0.3, -0.25) is 9.11 Å². The van der Waals surface area contributed by atoms with Crippen LogP contribution in [-0.2, 0) is 25.0 Å². The number of ether oxygens (including phenoxy) is 1. The van der Waals surface area contributed by atoms with E-state index in [-0.39, 0.29) is 33.4 Å². The van der Waals surface area contributed by atoms with E-state index in [0.717, 1.165) is 13.2 Å². The molecule has 0 bridgehead atoms. The molecule has 0 saturated carbocycles. The fourth-order valence-corrected chi connectivity index (χ4v) is 4.26. The van der Waals surface area contributed by atoms with Gasteiger partial charge in [-0.05, 0) is 29.7 Å². The van der Waals surface area contributed by atoms with Crippen LogP contribution in [0.1, 0.15) is 16.1 Å². The molecule has 0 saturated heterocycles. The van der Waals surface area contributed by atoms with Crippen molar-refractivity contribution in [2.45, 2.75) is 9.79 Å². The van der Waals surface area contributed by atoms with Crippen LogP contribution in [0.3, 0.4) is 0 Å². The third kappa shape index (κ3) is 3.60. The number of aromatic nitrogens is 1. The molecule has 0 atom stereocenters. The molecule has 0 amide bonds. The fourth-order valence-electron chi connectivity index (χ4n) is 2.92. The zero-order valence-corrected chi connectivity index (χ0v) is 16.7. The maximum absolute atomic E-state index is 12.1. The normalized spacial score (nSPS) is 11.9. The molecule has 30 heavy (non-hydrogen) atoms. The molecule has 0 unspecified atom stereocenters. The molecule has 0 aliphatic carbocycles. The quantitative estimate of drug-likeness (QED) is 0.385. The predicted octanol–water partition coefficient (Wildman–Crippen LogP) is 1.36. The highest BCUT2D eigenvalue weighted by molar-refractivity contribution is 7.86. The lowest BCUT2D eigenvalue weighted by Gasteiger charge is -2.12. The van der Waals surface area contributed by atoms with Crippen LogP contribution < -0.4 is 5.73 Å². The Balaban J connectivity index is 2.40. The van der Waals surface area contributed by atoms with Crippen LogP contribution in [-0.4, -0.2) is 43.6 Å². The van der Waals surface area contributed by atoms with Crippen molar-refractivity contribution in [2.75, 3.05) is 12.8 Å². The Kier molecular flexibility index (Phi) is 5.04. The minimum atomic E-state index is -4.90. The lowest BCUT2D eigenvalue weighted by atomic mass is 10.1. The molecule has 0 spiro atoms. The lowest BCUT2D eigenvalue weighted by molar-refractivity contribution is 0.0593. The summed E-state index contributed by atoms with van der Waals surface area (Å²) in [6.45, 7) is 0. The molecule has 2 aromatic carbocycles. The van der Waals surface area contributed by atoms with Gasteiger partial charge < -0.3 is 15.0 Å². The van der Waals surface area contributed by atoms with Crippen molar-refractivity contribution < 1.29 is 35.5 Å². The Morgan fingerprint density at radius 3 is 2.33 bits per heavy atom. The van der Waals surface area contributed by atoms with Gasteiger partial charge in [0, 0.05) is 17.3 Å². The number of rotatable bonds is 4. The molecular formula is C17H13N3O8S2. The molecule has 11 nitrogen and oxygen atoms in total. The number of esters is 1. The highest BCUT2D eigenvalue weighted by Crippen LogP contribution is 2.31. The fraction of sp³-hybridized carbons (Fsp3) is 0.0588. The monoisotopic (exact) mass is 451 g/mol. The van der Waals surface area contributed by atoms with Gasteiger partial charge >= 0.3 is 5.97 Å². The number of carbonyl (C=O) groups is 1. The average molecular weight is 451 g/mol. The standard InChI is InChI=1S/C17H13N3O8S2/c1-28-17(21)16-15(19)10(7-18)8-20(16)11-3-2-9-4-12(29(22,23)24)6-14(13(9)5-11)30(25,26)27/h2-6,8H,19H2,1H3,(H,22,23,24)(H,25,26,27). The number of anilines is 1. The Morgan fingerprint density at radius 2 is 1.80 bits per heavy atom. The van der Waals surface area contributed by atoms with Gasteiger partial charge in [-0.1, -0.05) is 6.07 Å². The van der Waals surface area contributed by atoms with E-state index in [4.69, 9.17) is 5.73 Å². The first-order valence-corrected chi connectivity index (χ1v) is 10.8. The van der Waals surface area contributed by atoms with E-state index in [9.17, 15) is 36.0 Å². The molecular weight excluding hydrogens is 438 g/mol. The first-order chi connectivity index (χ1) is 13.9. The molecule has 0 aliphatic rings. The zero-order chi connectivity index (χ0) is 22.4. The van der Waals surface area contributed by atoms with Gasteiger partial charge in [-0.15, -0.1) is 0 Å². The van der Waals surface area contributed by atoms with Crippen molar-refractivity contribution in [3.8, 4) is 11.8 Å². The van der Waals surface area contributed by atoms with Crippen LogP contribution in [0, 0.1) is 11.3 Å². The van der Waals surface area contributed by atoms with E-state index in [2.05, 4.69) is 4.74 Å². The van der Waals surface area contributed by atoms with E-state index in [1.165, 1.54) is 29.0 Å². The summed E-state index contributed by atoms with van der Waals surface area (Å²) in [7, 11) is -8.55. The average Bonchev–Trinajstić information content (AvgIpc) is 3.00. The van der Waals surface area contributed by atoms with Gasteiger partial charge in [0.2, 0.25) is 0 Å². The molecule has 3 rings (SSSR count). The summed E-state index contributed by atoms with van der Waals surface area (Å²) in [5.74, 6) is -0.856. The molecule has 0 radical (unpaired) electrons. The summed E-state index contributed by atoms with van der Waals surface area (Å²) in [4.78, 5) is 10.6. The second kappa shape index (κ2) is 7.11. The maximum Gasteiger partial charge on any atom is 0.357 e. The van der Waals surface area contributed by atoms with Crippen molar-refractivity contribution in [2.24, 2.45) is 0 Å². The van der Waals surface area contributed by atoms with Crippen molar-refractivity contribution in [3.05, 3.63) is 47.8 Å². The van der Waals surface area contributed by atoms with Crippen molar-refractivity contribution in [1.29, 1.82) is 5.26 Å². The minimum Gasteiger partial charge on any atom is -0.464 e. The lowest BCUT2D eigenvalue weighted by Crippen LogP contribution is -2.11. The Morgan fingerprint density at radius 1 is 1.13 bits per heavy atom. The van der Waals surface area contributed by atoms with Crippen LogP contribution in [0.5, 0.6) is 0 Å². The number of nitrogens with two attached hydrogens (primary N) is 1. The number of benzene rings is 2. The molecule has 13 heteroatoms. The summed E-state index contributed by atoms with van der Waals surface area (Å²) < 4.78 is 71.3. The van der Waals surface area contributed by atoms with Gasteiger partial charge in [0.05, 0.1) is 23.3 Å². The third-order valence-corrected chi connectivity index (χ3v) is 6.00. The number of hydrogen-bond donors (Lipinski definition) is 3. The number of carbonyl (C=O) groups excluding carboxylic acids is 1. The first kappa shape index (κ1) is 21.3. The Labute approximate surface area is 170 Å². The SMILES string of the molecule is COC(=O)c1c(N)c(C#N)cn1-c1ccc2cc(S(=O)(=O)O)cc(S(=O)(=O)O)c2c1. The number of nitrogens with zero attached hydrogens (tertiary/aromatic N) is 2. The summed E-state index contributed by atoms with van der Waals surface area (Å²) in [5.41, 5.74) is 5.63. The van der Waals surface area contributed by atoms with Gasteiger partial charge in [0.25, 0.3) is 20.2 Å². The Hall–Kier alpha value is -3.44. The molecule has 1 aromatic heterocycles. The highest BCUT2D eigenvalue weighted by Gasteiger charge is 2.24. The highest BCUT2D eigenvalue weighted by atomic mass is 32.2. The minimum absolute atomic E-state index is 0.0350. The summed E-state index contributed by atoms with van der Waals surface area (Å²) in [5, 5.41) is 9.15. The van der Waals surface area contributed by atoms with Crippen LogP contribution in [0.15, 0.2) is 46.3 Å². The zero-order valence-electron chi connectivity index (χ0n) is 15.1. The molecule has 1 heterocycles. The maximum atomic E-state index is 12.1. The summed E-state index contributed by atoms with van der Waals surface area (Å²) in [6, 6.07) is 7.35. The van der Waals surface area contributed by atoms with Crippen LogP contribution >= 0.6 is 0 Å². The van der Waals surface area contributed by atoms with E-state index < -0.39 is 36.0 Å². The number of methoxy groups -OCH3 is 1. The van der Waals surface area contributed by atoms with Crippen LogP contribution in [0.4, 0.5) is 5.69 Å². The summed E-state index contributed by atoms with van der Waals surface area (Å²) >= 11 is 0. The number of nitriles is 1. The number of hydrogen-bond acceptors (Lipinski definition) is 8. The molecule has 156 valence electrons. The molecule has 0 fully saturated rings. The van der Waals surface area contributed by atoms with E-state index in [0.29, 0.717) is 6.07 Å². The van der Waals surface area contributed by atoms with E-state index in [1.807, 2.05) is 6.07 Å². The topological polar surface area (TPSA) is 190 Å². The van der Waals surface area contributed by atoms with Gasteiger partial charge in [0.15, 0.2) is 5.69 Å². The Bertz CT molecular complexity index is 1460. The second-order valence-electron chi connectivity index (χ2n) is 6.06. The molecule has 3 aromatic rings. The smallest absolute Gasteiger partial charge is 0.357 e. The van der Waals surface area contributed by atoms with Crippen molar-refractivity contribution in [1.82, 2.24) is 4.57 Å². The molecule has 0 aliphatic heterocycles. The molecule has 4 N–H and O–H groups in total. The van der Waals surface area contributed by atoms with Gasteiger partial charge in [-0.2, -0.15) is 22.1 Å². The van der Waals surface area contributed by atoms with E-state index in [1.54, 1.807) is 0 Å². The first-order valence-electron chi connectivity index (χ1n) is 7.91. The number of fused-ring (bicyclic) bond motifs is 1. The van der Waals surface area contributed by atoms with Crippen LogP contribution in [0.25, 0.3) is 16.5 Å².